The minimum Gasteiger partial charge on any atom is -0.375 e. The van der Waals surface area contributed by atoms with E-state index in [0.29, 0.717) is 23.3 Å². The summed E-state index contributed by atoms with van der Waals surface area (Å²) >= 11 is 0. The fraction of sp³-hybridized carbons (Fsp3) is 0.534. The minimum atomic E-state index is -5.53. The molecule has 8 aromatic rings. The Morgan fingerprint density at radius 3 is 0.860 bits per heavy atom. The fourth-order valence-corrected chi connectivity index (χ4v) is 15.5. The number of nitrogens with one attached hydrogen (secondary N) is 4. The van der Waals surface area contributed by atoms with Crippen LogP contribution < -0.4 is 21.3 Å². The number of rotatable bonds is 11. The van der Waals surface area contributed by atoms with Crippen LogP contribution in [0, 0.1) is 92.9 Å². The first-order valence-corrected chi connectivity index (χ1v) is 41.2. The molecule has 4 saturated carbocycles. The van der Waals surface area contributed by atoms with E-state index in [9.17, 15) is 26.3 Å². The Hall–Kier alpha value is -6.86. The summed E-state index contributed by atoms with van der Waals surface area (Å²) in [5.41, 5.74) is 14.6. The molecule has 0 bridgehead atoms. The normalized spacial score (nSPS) is 19.5. The van der Waals surface area contributed by atoms with Gasteiger partial charge in [-0.3, -0.25) is 0 Å². The van der Waals surface area contributed by atoms with Crippen LogP contribution in [0.4, 0.5) is 26.3 Å². The highest BCUT2D eigenvalue weighted by atomic mass is 19.4. The number of ether oxygens (including phenoxy) is 1. The van der Waals surface area contributed by atoms with E-state index in [1.165, 1.54) is 218 Å². The zero-order valence-electron chi connectivity index (χ0n) is 71.1. The van der Waals surface area contributed by atoms with Crippen LogP contribution in [0.3, 0.4) is 0 Å². The van der Waals surface area contributed by atoms with Crippen LogP contribution in [-0.2, 0) is 15.6 Å². The summed E-state index contributed by atoms with van der Waals surface area (Å²) in [6, 6.07) is 58.0. The van der Waals surface area contributed by atoms with Gasteiger partial charge in [0.1, 0.15) is 0 Å². The molecule has 0 radical (unpaired) electrons. The van der Waals surface area contributed by atoms with Crippen molar-refractivity contribution < 1.29 is 31.1 Å². The summed E-state index contributed by atoms with van der Waals surface area (Å²) in [7, 11) is 8.03. The van der Waals surface area contributed by atoms with Crippen molar-refractivity contribution in [3.63, 3.8) is 0 Å². The second-order valence-corrected chi connectivity index (χ2v) is 33.0. The molecule has 0 aromatic heterocycles. The highest BCUT2D eigenvalue weighted by Gasteiger charge is 2.72. The number of benzene rings is 8. The predicted octanol–water partition coefficient (Wildman–Crippen LogP) is 29.3. The quantitative estimate of drug-likeness (QED) is 0.0768. The van der Waals surface area contributed by atoms with Crippen molar-refractivity contribution in [1.29, 1.82) is 0 Å². The molecule has 8 aromatic carbocycles. The second kappa shape index (κ2) is 52.8. The van der Waals surface area contributed by atoms with Crippen molar-refractivity contribution in [2.45, 2.75) is 304 Å². The zero-order valence-corrected chi connectivity index (χ0v) is 71.1. The molecule has 0 atom stereocenters. The van der Waals surface area contributed by atoms with Gasteiger partial charge in [0.25, 0.3) is 0 Å². The van der Waals surface area contributed by atoms with E-state index >= 15 is 0 Å². The van der Waals surface area contributed by atoms with Gasteiger partial charge in [-0.25, -0.2) is 0 Å². The summed E-state index contributed by atoms with van der Waals surface area (Å²) in [5.74, 6) is 3.96. The average molecular weight is 1580 g/mol. The lowest BCUT2D eigenvalue weighted by Gasteiger charge is -2.38. The Bertz CT molecular complexity index is 3570. The molecular weight excluding hydrogens is 1420 g/mol. The first-order valence-electron chi connectivity index (χ1n) is 41.2. The SMILES string of the molecule is C.C.C.C.CC1CCC(OC2CCC(C)CC2)CC1.CCC.CNC1CCC(CC2CCC(NC)CC2)CC1.CNCNC.Cc1ccc(-c2ccc(C)cc2)cc1.Cc1ccc(C(c2ccc(C)cc2)(C(F)(F)F)C(F)(F)F)cc1.Cc1ccc(C)cc1.Cc1ccc2c(c1)C(C)(C)c1cc(C)ccc1-2.Cc1cccc(C)c1. The minimum absolute atomic E-state index is 0. The monoisotopic (exact) mass is 1580 g/mol. The third kappa shape index (κ3) is 34.0. The highest BCUT2D eigenvalue weighted by molar-refractivity contribution is 5.81. The largest absolute Gasteiger partial charge is 0.411 e. The Balaban J connectivity index is 0.000000663. The van der Waals surface area contributed by atoms with Crippen LogP contribution in [-0.4, -0.2) is 71.5 Å². The maximum absolute atomic E-state index is 13.7. The molecule has 5 aliphatic rings. The molecule has 636 valence electrons. The lowest BCUT2D eigenvalue weighted by atomic mass is 9.72. The van der Waals surface area contributed by atoms with Crippen LogP contribution in [0.5, 0.6) is 0 Å². The molecule has 13 rings (SSSR count). The van der Waals surface area contributed by atoms with Gasteiger partial charge in [0.05, 0.1) is 12.2 Å². The molecule has 4 N–H and O–H groups in total. The lowest BCUT2D eigenvalue weighted by molar-refractivity contribution is -0.288. The number of aryl methyl sites for hydroxylation is 10. The average Bonchev–Trinajstić information content (AvgIpc) is 1.61. The summed E-state index contributed by atoms with van der Waals surface area (Å²) in [6.45, 7) is 34.7. The highest BCUT2D eigenvalue weighted by Crippen LogP contribution is 2.56. The van der Waals surface area contributed by atoms with Gasteiger partial charge < -0.3 is 26.0 Å². The Labute approximate surface area is 692 Å². The Kier molecular flexibility index (Phi) is 48.7. The van der Waals surface area contributed by atoms with Crippen LogP contribution in [0.15, 0.2) is 182 Å². The van der Waals surface area contributed by atoms with E-state index in [2.05, 4.69) is 266 Å². The van der Waals surface area contributed by atoms with Crippen molar-refractivity contribution >= 4 is 0 Å². The first kappa shape index (κ1) is 105. The van der Waals surface area contributed by atoms with Gasteiger partial charge in [0.2, 0.25) is 5.41 Å². The standard InChI is InChI=1S/C17H14F6.C17H18.C15H30N2.C14H26O.C14H14.2C8H10.C3H10N2.C3H8.4CH4/c1-11-3-7-13(8-4-11)15(16(18,19)20,17(21,22)23)14-9-5-12(2)6-10-14;1-11-5-7-13-14-8-6-12(2)10-16(14)17(3,4)15(13)9-11;1-16-14-7-3-12(4-8-14)11-13-5-9-15(17-2)10-6-13;1-11-3-7-13(8-4-11)15-14-9-5-12(2)6-10-14;1-11-3-7-13(8-4-11)14-9-5-12(2)6-10-14;1-7-3-5-8(2)6-4-7;1-7-4-3-5-8(2)6-7;1-4-3-5-2;1-3-2;;;;/h3-10H,1-2H3;5-10H,1-4H3;12-17H,3-11H2,1-2H3;11-14H,3-10H2,1-2H3;3-10H,1-2H3;2*3-6H,1-2H3;4-5H,3H2,1-2H3;3H2,1-2H3;4*1H4. The molecule has 0 aliphatic heterocycles. The van der Waals surface area contributed by atoms with Gasteiger partial charge in [0.15, 0.2) is 0 Å². The van der Waals surface area contributed by atoms with E-state index in [1.54, 1.807) is 13.8 Å². The van der Waals surface area contributed by atoms with Crippen molar-refractivity contribution in [1.82, 2.24) is 21.3 Å². The molecular formula is C103H156F6N4O. The van der Waals surface area contributed by atoms with Gasteiger partial charge in [-0.05, 0) is 275 Å². The van der Waals surface area contributed by atoms with E-state index in [1.807, 2.05) is 14.1 Å². The third-order valence-electron chi connectivity index (χ3n) is 22.5. The Morgan fingerprint density at radius 2 is 0.614 bits per heavy atom. The smallest absolute Gasteiger partial charge is 0.375 e. The molecule has 5 nitrogen and oxygen atoms in total. The number of hydrogen-bond donors (Lipinski definition) is 4. The van der Waals surface area contributed by atoms with Gasteiger partial charge in [0, 0.05) is 24.2 Å². The Morgan fingerprint density at radius 1 is 0.351 bits per heavy atom. The van der Waals surface area contributed by atoms with Crippen molar-refractivity contribution in [3.8, 4) is 22.3 Å². The topological polar surface area (TPSA) is 57.4 Å². The predicted molar refractivity (Wildman–Crippen MR) is 486 cm³/mol. The summed E-state index contributed by atoms with van der Waals surface area (Å²) in [6.07, 6.45) is 15.2. The van der Waals surface area contributed by atoms with Crippen LogP contribution >= 0.6 is 0 Å². The van der Waals surface area contributed by atoms with Gasteiger partial charge in [-0.15, -0.1) is 0 Å². The molecule has 0 unspecified atom stereocenters. The summed E-state index contributed by atoms with van der Waals surface area (Å²) in [5, 5.41) is 12.7. The van der Waals surface area contributed by atoms with Crippen LogP contribution in [0.1, 0.15) is 265 Å². The molecule has 0 saturated heterocycles. The van der Waals surface area contributed by atoms with E-state index in [0.717, 1.165) is 66.7 Å². The van der Waals surface area contributed by atoms with Gasteiger partial charge in [-0.2, -0.15) is 26.3 Å². The van der Waals surface area contributed by atoms with Crippen molar-refractivity contribution in [2.24, 2.45) is 23.7 Å². The molecule has 0 amide bonds. The molecule has 11 heteroatoms. The van der Waals surface area contributed by atoms with Crippen LogP contribution in [0.25, 0.3) is 22.3 Å². The molecule has 4 fully saturated rings. The van der Waals surface area contributed by atoms with Gasteiger partial charge >= 0.3 is 12.4 Å². The number of alkyl halides is 6. The lowest BCUT2D eigenvalue weighted by Crippen LogP contribution is -2.54. The number of hydrogen-bond acceptors (Lipinski definition) is 5. The second-order valence-electron chi connectivity index (χ2n) is 33.0. The van der Waals surface area contributed by atoms with Crippen molar-refractivity contribution in [3.05, 3.63) is 260 Å². The first-order chi connectivity index (χ1) is 52.2. The molecule has 0 heterocycles. The molecule has 5 aliphatic carbocycles. The molecule has 0 spiro atoms. The summed E-state index contributed by atoms with van der Waals surface area (Å²) < 4.78 is 88.6. The van der Waals surface area contributed by atoms with E-state index < -0.39 is 28.9 Å². The number of halogens is 6. The van der Waals surface area contributed by atoms with Crippen LogP contribution in [0.2, 0.25) is 0 Å². The van der Waals surface area contributed by atoms with Crippen molar-refractivity contribution in [2.75, 3.05) is 34.9 Å². The summed E-state index contributed by atoms with van der Waals surface area (Å²) in [4.78, 5) is 0. The van der Waals surface area contributed by atoms with E-state index in [-0.39, 0.29) is 35.1 Å². The number of fused-ring (bicyclic) bond motifs is 3. The molecule has 114 heavy (non-hydrogen) atoms. The van der Waals surface area contributed by atoms with E-state index in [4.69, 9.17) is 4.74 Å². The maximum atomic E-state index is 13.7. The third-order valence-corrected chi connectivity index (χ3v) is 22.5. The zero-order chi connectivity index (χ0) is 81.2. The fourth-order valence-electron chi connectivity index (χ4n) is 15.5. The maximum Gasteiger partial charge on any atom is 0.411 e. The van der Waals surface area contributed by atoms with Gasteiger partial charge in [-0.1, -0.05) is 315 Å².